The Bertz CT molecular complexity index is 1200. The molecule has 0 saturated heterocycles. The van der Waals surface area contributed by atoms with E-state index in [9.17, 15) is 14.9 Å². The van der Waals surface area contributed by atoms with Crippen LogP contribution in [0.25, 0.3) is 32.8 Å². The monoisotopic (exact) mass is 384 g/mol. The van der Waals surface area contributed by atoms with E-state index in [0.29, 0.717) is 32.3 Å². The summed E-state index contributed by atoms with van der Waals surface area (Å²) in [6, 6.07) is 11.0. The van der Waals surface area contributed by atoms with Gasteiger partial charge in [-0.05, 0) is 30.3 Å². The van der Waals surface area contributed by atoms with Gasteiger partial charge in [-0.2, -0.15) is 0 Å². The van der Waals surface area contributed by atoms with E-state index in [0.717, 1.165) is 5.56 Å². The molecule has 0 amide bonds. The molecule has 0 aliphatic rings. The van der Waals surface area contributed by atoms with Crippen LogP contribution < -0.4 is 5.43 Å². The lowest BCUT2D eigenvalue weighted by molar-refractivity contribution is -0.384. The molecule has 0 saturated carbocycles. The summed E-state index contributed by atoms with van der Waals surface area (Å²) in [6.45, 7) is 0. The Labute approximate surface area is 155 Å². The number of benzene rings is 2. The Morgan fingerprint density at radius 2 is 1.92 bits per heavy atom. The summed E-state index contributed by atoms with van der Waals surface area (Å²) in [5.41, 5.74) is 1.81. The molecule has 2 aromatic heterocycles. The topological polar surface area (TPSA) is 86.2 Å². The fraction of sp³-hybridized carbons (Fsp3) is 0. The van der Waals surface area contributed by atoms with Gasteiger partial charge in [-0.1, -0.05) is 11.6 Å². The van der Waals surface area contributed by atoms with E-state index < -0.39 is 4.92 Å². The first-order chi connectivity index (χ1) is 12.5. The van der Waals surface area contributed by atoms with Gasteiger partial charge in [0.2, 0.25) is 5.43 Å². The first kappa shape index (κ1) is 16.4. The highest BCUT2D eigenvalue weighted by atomic mass is 35.5. The van der Waals surface area contributed by atoms with Crippen molar-refractivity contribution in [2.24, 2.45) is 0 Å². The minimum Gasteiger partial charge on any atom is -0.463 e. The fourth-order valence-corrected chi connectivity index (χ4v) is 3.53. The molecule has 0 unspecified atom stereocenters. The normalized spacial score (nSPS) is 11.0. The molecule has 0 aliphatic heterocycles. The van der Waals surface area contributed by atoms with E-state index in [2.05, 4.69) is 4.98 Å². The molecule has 2 aromatic carbocycles. The molecular weight excluding hydrogens is 376 g/mol. The summed E-state index contributed by atoms with van der Waals surface area (Å²) < 4.78 is 5.52. The van der Waals surface area contributed by atoms with E-state index in [1.807, 2.05) is 0 Å². The number of fused-ring (bicyclic) bond motifs is 1. The molecule has 128 valence electrons. The number of thiazole rings is 1. The Morgan fingerprint density at radius 3 is 2.65 bits per heavy atom. The number of hydrogen-bond acceptors (Lipinski definition) is 6. The van der Waals surface area contributed by atoms with Crippen molar-refractivity contribution in [1.82, 2.24) is 4.98 Å². The van der Waals surface area contributed by atoms with Crippen molar-refractivity contribution < 1.29 is 9.34 Å². The lowest BCUT2D eigenvalue weighted by atomic mass is 10.1. The van der Waals surface area contributed by atoms with Gasteiger partial charge >= 0.3 is 0 Å². The van der Waals surface area contributed by atoms with Gasteiger partial charge in [-0.3, -0.25) is 14.9 Å². The summed E-state index contributed by atoms with van der Waals surface area (Å²) in [4.78, 5) is 27.5. The van der Waals surface area contributed by atoms with Crippen LogP contribution in [0.1, 0.15) is 0 Å². The smallest absolute Gasteiger partial charge is 0.269 e. The molecule has 0 fully saturated rings. The summed E-state index contributed by atoms with van der Waals surface area (Å²) in [5, 5.41) is 14.0. The van der Waals surface area contributed by atoms with Crippen LogP contribution in [0.2, 0.25) is 5.02 Å². The van der Waals surface area contributed by atoms with E-state index in [4.69, 9.17) is 16.0 Å². The van der Waals surface area contributed by atoms with Gasteiger partial charge in [0.25, 0.3) is 5.69 Å². The standard InChI is InChI=1S/C18H9ClN2O4S/c19-11-3-6-16-13(7-11)17(22)14(8-25-16)15-9-26-18(20-15)10-1-4-12(5-2-10)21(23)24/h1-9H. The van der Waals surface area contributed by atoms with Crippen LogP contribution in [0.15, 0.2) is 63.3 Å². The Morgan fingerprint density at radius 1 is 1.15 bits per heavy atom. The maximum Gasteiger partial charge on any atom is 0.269 e. The second-order valence-corrected chi connectivity index (χ2v) is 6.76. The summed E-state index contributed by atoms with van der Waals surface area (Å²) in [6.07, 6.45) is 1.38. The van der Waals surface area contributed by atoms with Crippen LogP contribution >= 0.6 is 22.9 Å². The average Bonchev–Trinajstić information content (AvgIpc) is 3.12. The molecule has 4 rings (SSSR count). The van der Waals surface area contributed by atoms with Crippen LogP contribution in [0.3, 0.4) is 0 Å². The third kappa shape index (κ3) is 2.87. The van der Waals surface area contributed by atoms with Crippen molar-refractivity contribution in [2.45, 2.75) is 0 Å². The van der Waals surface area contributed by atoms with Crippen LogP contribution in [-0.4, -0.2) is 9.91 Å². The number of aromatic nitrogens is 1. The van der Waals surface area contributed by atoms with Crippen LogP contribution in [-0.2, 0) is 0 Å². The van der Waals surface area contributed by atoms with Crippen molar-refractivity contribution in [1.29, 1.82) is 0 Å². The van der Waals surface area contributed by atoms with Gasteiger partial charge in [-0.25, -0.2) is 4.98 Å². The molecule has 0 radical (unpaired) electrons. The zero-order chi connectivity index (χ0) is 18.3. The zero-order valence-corrected chi connectivity index (χ0v) is 14.6. The molecule has 4 aromatic rings. The van der Waals surface area contributed by atoms with Gasteiger partial charge in [0.1, 0.15) is 16.9 Å². The number of non-ortho nitro benzene ring substituents is 1. The molecule has 0 aliphatic carbocycles. The van der Waals surface area contributed by atoms with Crippen molar-refractivity contribution in [3.63, 3.8) is 0 Å². The van der Waals surface area contributed by atoms with Crippen molar-refractivity contribution >= 4 is 39.6 Å². The largest absolute Gasteiger partial charge is 0.463 e. The predicted molar refractivity (Wildman–Crippen MR) is 101 cm³/mol. The van der Waals surface area contributed by atoms with Crippen LogP contribution in [0.5, 0.6) is 0 Å². The lowest BCUT2D eigenvalue weighted by Crippen LogP contribution is -2.04. The predicted octanol–water partition coefficient (Wildman–Crippen LogP) is 5.15. The molecule has 0 bridgehead atoms. The maximum absolute atomic E-state index is 12.7. The fourth-order valence-electron chi connectivity index (χ4n) is 2.54. The lowest BCUT2D eigenvalue weighted by Gasteiger charge is -2.00. The maximum atomic E-state index is 12.7. The third-order valence-electron chi connectivity index (χ3n) is 3.84. The van der Waals surface area contributed by atoms with Crippen LogP contribution in [0.4, 0.5) is 5.69 Å². The molecule has 0 N–H and O–H groups in total. The third-order valence-corrected chi connectivity index (χ3v) is 4.97. The van der Waals surface area contributed by atoms with Crippen molar-refractivity contribution in [3.8, 4) is 21.8 Å². The number of nitro benzene ring substituents is 1. The number of nitrogens with zero attached hydrogens (tertiary/aromatic N) is 2. The van der Waals surface area contributed by atoms with Gasteiger partial charge < -0.3 is 4.42 Å². The zero-order valence-electron chi connectivity index (χ0n) is 13.0. The van der Waals surface area contributed by atoms with Gasteiger partial charge in [-0.15, -0.1) is 11.3 Å². The molecule has 6 nitrogen and oxygen atoms in total. The molecule has 0 spiro atoms. The number of nitro groups is 1. The minimum absolute atomic E-state index is 0.0116. The van der Waals surface area contributed by atoms with Gasteiger partial charge in [0.15, 0.2) is 0 Å². The molecule has 8 heteroatoms. The second-order valence-electron chi connectivity index (χ2n) is 5.46. The molecule has 2 heterocycles. The van der Waals surface area contributed by atoms with E-state index in [-0.39, 0.29) is 11.1 Å². The van der Waals surface area contributed by atoms with Gasteiger partial charge in [0.05, 0.1) is 21.6 Å². The molecule has 26 heavy (non-hydrogen) atoms. The summed E-state index contributed by atoms with van der Waals surface area (Å²) in [7, 11) is 0. The Balaban J connectivity index is 1.76. The minimum atomic E-state index is -0.456. The van der Waals surface area contributed by atoms with E-state index >= 15 is 0 Å². The summed E-state index contributed by atoms with van der Waals surface area (Å²) in [5.74, 6) is 0. The highest BCUT2D eigenvalue weighted by Crippen LogP contribution is 2.29. The second kappa shape index (κ2) is 6.36. The first-order valence-corrected chi connectivity index (χ1v) is 8.70. The highest BCUT2D eigenvalue weighted by Gasteiger charge is 2.14. The Hall–Kier alpha value is -3.03. The molecule has 0 atom stereocenters. The number of halogens is 1. The Kier molecular flexibility index (Phi) is 4.02. The van der Waals surface area contributed by atoms with E-state index in [1.165, 1.54) is 29.7 Å². The average molecular weight is 385 g/mol. The number of hydrogen-bond donors (Lipinski definition) is 0. The SMILES string of the molecule is O=c1c(-c2csc(-c3ccc([N+](=O)[O-])cc3)n2)coc2ccc(Cl)cc12. The van der Waals surface area contributed by atoms with E-state index in [1.54, 1.807) is 35.7 Å². The van der Waals surface area contributed by atoms with Crippen LogP contribution in [0, 0.1) is 10.1 Å². The highest BCUT2D eigenvalue weighted by molar-refractivity contribution is 7.13. The van der Waals surface area contributed by atoms with Crippen molar-refractivity contribution in [3.05, 3.63) is 79.5 Å². The van der Waals surface area contributed by atoms with Gasteiger partial charge in [0, 0.05) is 28.1 Å². The quantitative estimate of drug-likeness (QED) is 0.360. The molecular formula is C18H9ClN2O4S. The van der Waals surface area contributed by atoms with Crippen molar-refractivity contribution in [2.75, 3.05) is 0 Å². The first-order valence-electron chi connectivity index (χ1n) is 7.45. The summed E-state index contributed by atoms with van der Waals surface area (Å²) >= 11 is 7.31. The number of rotatable bonds is 3.